The molecule has 1 unspecified atom stereocenters. The van der Waals surface area contributed by atoms with Crippen LogP contribution in [0.5, 0.6) is 5.75 Å². The van der Waals surface area contributed by atoms with Crippen molar-refractivity contribution in [3.63, 3.8) is 0 Å². The van der Waals surface area contributed by atoms with E-state index < -0.39 is 11.7 Å². The minimum absolute atomic E-state index is 0.145. The van der Waals surface area contributed by atoms with Crippen LogP contribution in [0.2, 0.25) is 0 Å². The zero-order valence-corrected chi connectivity index (χ0v) is 23.7. The number of likely N-dealkylation sites (tertiary alicyclic amines) is 1. The molecule has 5 fully saturated rings. The molecule has 9 nitrogen and oxygen atoms in total. The van der Waals surface area contributed by atoms with E-state index in [4.69, 9.17) is 4.74 Å². The minimum Gasteiger partial charge on any atom is -0.490 e. The van der Waals surface area contributed by atoms with Crippen molar-refractivity contribution >= 4 is 23.6 Å². The van der Waals surface area contributed by atoms with Crippen LogP contribution in [0.15, 0.2) is 18.2 Å². The monoisotopic (exact) mass is 568 g/mol. The van der Waals surface area contributed by atoms with E-state index in [1.54, 1.807) is 15.9 Å². The first kappa shape index (κ1) is 28.1. The number of fused-ring (bicyclic) bond motifs is 1. The van der Waals surface area contributed by atoms with Crippen molar-refractivity contribution < 1.29 is 28.3 Å². The molecule has 6 aliphatic rings. The summed E-state index contributed by atoms with van der Waals surface area (Å²) in [5.41, 5.74) is 0.0499. The van der Waals surface area contributed by atoms with Gasteiger partial charge < -0.3 is 19.9 Å². The standard InChI is InChI=1S/C19H22N2O4.C12H19FN2O/c22-17-9-8-16(18(23)20-17)21-11-12-10-14(6-7-15(12)19(21)24)25-13-4-2-1-3-5-13;13-12(3-4-12)11(16)15-5-1-9(2-6-15)10-7-14-8-10/h6-7,10,13,16H,1-5,8-9,11H2,(H,20,22,23);9-10,14H,1-8H2. The summed E-state index contributed by atoms with van der Waals surface area (Å²) in [6, 6.07) is 5.00. The highest BCUT2D eigenvalue weighted by Crippen LogP contribution is 2.42. The Labute approximate surface area is 240 Å². The number of nitrogens with zero attached hydrogens (tertiary/aromatic N) is 2. The molecule has 0 radical (unpaired) electrons. The number of halogens is 1. The van der Waals surface area contributed by atoms with Crippen LogP contribution in [0.4, 0.5) is 4.39 Å². The second-order valence-corrected chi connectivity index (χ2v) is 12.6. The lowest BCUT2D eigenvalue weighted by Crippen LogP contribution is -2.52. The van der Waals surface area contributed by atoms with Crippen LogP contribution >= 0.6 is 0 Å². The summed E-state index contributed by atoms with van der Waals surface area (Å²) in [4.78, 5) is 51.1. The number of piperidine rings is 2. The Kier molecular flexibility index (Phi) is 8.03. The molecule has 3 saturated heterocycles. The van der Waals surface area contributed by atoms with Crippen molar-refractivity contribution in [2.24, 2.45) is 11.8 Å². The van der Waals surface area contributed by atoms with Gasteiger partial charge in [-0.15, -0.1) is 0 Å². The Balaban J connectivity index is 0.000000162. The molecule has 10 heteroatoms. The smallest absolute Gasteiger partial charge is 0.260 e. The molecule has 0 bridgehead atoms. The molecule has 0 spiro atoms. The van der Waals surface area contributed by atoms with Crippen molar-refractivity contribution in [3.8, 4) is 5.75 Å². The molecule has 4 amide bonds. The van der Waals surface area contributed by atoms with Gasteiger partial charge >= 0.3 is 0 Å². The maximum Gasteiger partial charge on any atom is 0.260 e. The zero-order valence-electron chi connectivity index (χ0n) is 23.7. The molecule has 1 aromatic rings. The van der Waals surface area contributed by atoms with Gasteiger partial charge in [0.15, 0.2) is 5.67 Å². The van der Waals surface area contributed by atoms with Crippen LogP contribution < -0.4 is 15.4 Å². The number of hydrogen-bond donors (Lipinski definition) is 2. The fourth-order valence-corrected chi connectivity index (χ4v) is 6.82. The summed E-state index contributed by atoms with van der Waals surface area (Å²) in [6.07, 6.45) is 9.78. The van der Waals surface area contributed by atoms with Gasteiger partial charge in [0.05, 0.1) is 6.10 Å². The molecule has 4 aliphatic heterocycles. The number of hydrogen-bond acceptors (Lipinski definition) is 6. The van der Waals surface area contributed by atoms with Gasteiger partial charge in [0.2, 0.25) is 11.8 Å². The second kappa shape index (κ2) is 11.7. The number of carbonyl (C=O) groups excluding carboxylic acids is 4. The molecule has 222 valence electrons. The highest BCUT2D eigenvalue weighted by Gasteiger charge is 2.53. The third-order valence-corrected chi connectivity index (χ3v) is 9.73. The lowest BCUT2D eigenvalue weighted by Gasteiger charge is -2.40. The van der Waals surface area contributed by atoms with Gasteiger partial charge in [0.25, 0.3) is 11.8 Å². The van der Waals surface area contributed by atoms with Crippen molar-refractivity contribution in [1.29, 1.82) is 0 Å². The summed E-state index contributed by atoms with van der Waals surface area (Å²) < 4.78 is 19.7. The maximum atomic E-state index is 13.6. The van der Waals surface area contributed by atoms with E-state index >= 15 is 0 Å². The van der Waals surface area contributed by atoms with Crippen molar-refractivity contribution in [1.82, 2.24) is 20.4 Å². The van der Waals surface area contributed by atoms with E-state index in [1.807, 2.05) is 12.1 Å². The van der Waals surface area contributed by atoms with E-state index in [1.165, 1.54) is 19.3 Å². The van der Waals surface area contributed by atoms with Gasteiger partial charge in [-0.3, -0.25) is 24.5 Å². The Morgan fingerprint density at radius 2 is 1.68 bits per heavy atom. The molecule has 1 aromatic carbocycles. The fraction of sp³-hybridized carbons (Fsp3) is 0.677. The first-order valence-electron chi connectivity index (χ1n) is 15.4. The summed E-state index contributed by atoms with van der Waals surface area (Å²) in [6.45, 7) is 4.19. The van der Waals surface area contributed by atoms with Crippen molar-refractivity contribution in [2.75, 3.05) is 26.2 Å². The first-order valence-corrected chi connectivity index (χ1v) is 15.4. The molecular formula is C31H41FN4O5. The molecule has 7 rings (SSSR count). The van der Waals surface area contributed by atoms with E-state index in [-0.39, 0.29) is 36.2 Å². The summed E-state index contributed by atoms with van der Waals surface area (Å²) in [7, 11) is 0. The third kappa shape index (κ3) is 6.12. The molecule has 1 atom stereocenters. The van der Waals surface area contributed by atoms with Crippen LogP contribution in [0, 0.1) is 11.8 Å². The number of rotatable bonds is 5. The summed E-state index contributed by atoms with van der Waals surface area (Å²) in [5, 5.41) is 5.61. The predicted octanol–water partition coefficient (Wildman–Crippen LogP) is 3.11. The highest BCUT2D eigenvalue weighted by molar-refractivity contribution is 6.05. The van der Waals surface area contributed by atoms with E-state index in [9.17, 15) is 23.6 Å². The van der Waals surface area contributed by atoms with Crippen LogP contribution in [-0.4, -0.2) is 77.4 Å². The van der Waals surface area contributed by atoms with Gasteiger partial charge in [0.1, 0.15) is 11.8 Å². The predicted molar refractivity (Wildman–Crippen MR) is 149 cm³/mol. The first-order chi connectivity index (χ1) is 19.8. The number of imide groups is 1. The van der Waals surface area contributed by atoms with Gasteiger partial charge in [-0.05, 0) is 106 Å². The average Bonchev–Trinajstić information content (AvgIpc) is 3.62. The topological polar surface area (TPSA) is 108 Å². The molecule has 41 heavy (non-hydrogen) atoms. The lowest BCUT2D eigenvalue weighted by atomic mass is 9.81. The molecule has 2 aliphatic carbocycles. The number of carbonyl (C=O) groups is 4. The van der Waals surface area contributed by atoms with E-state index in [0.717, 1.165) is 75.0 Å². The number of ether oxygens (including phenoxy) is 1. The Bertz CT molecular complexity index is 1180. The van der Waals surface area contributed by atoms with Gasteiger partial charge in [-0.2, -0.15) is 0 Å². The molecule has 0 aromatic heterocycles. The van der Waals surface area contributed by atoms with Crippen molar-refractivity contribution in [2.45, 2.75) is 95.0 Å². The zero-order chi connectivity index (χ0) is 28.6. The maximum absolute atomic E-state index is 13.6. The molecule has 2 N–H and O–H groups in total. The number of alkyl halides is 1. The quantitative estimate of drug-likeness (QED) is 0.529. The van der Waals surface area contributed by atoms with Gasteiger partial charge in [-0.1, -0.05) is 6.42 Å². The highest BCUT2D eigenvalue weighted by atomic mass is 19.1. The van der Waals surface area contributed by atoms with E-state index in [2.05, 4.69) is 10.6 Å². The number of amides is 4. The Morgan fingerprint density at radius 1 is 0.951 bits per heavy atom. The van der Waals surface area contributed by atoms with E-state index in [0.29, 0.717) is 31.4 Å². The molecule has 2 saturated carbocycles. The van der Waals surface area contributed by atoms with Crippen LogP contribution in [0.25, 0.3) is 0 Å². The largest absolute Gasteiger partial charge is 0.490 e. The molecule has 4 heterocycles. The fourth-order valence-electron chi connectivity index (χ4n) is 6.82. The molecular weight excluding hydrogens is 527 g/mol. The van der Waals surface area contributed by atoms with Crippen LogP contribution in [-0.2, 0) is 20.9 Å². The Morgan fingerprint density at radius 3 is 2.32 bits per heavy atom. The van der Waals surface area contributed by atoms with Crippen LogP contribution in [0.3, 0.4) is 0 Å². The average molecular weight is 569 g/mol. The van der Waals surface area contributed by atoms with Gasteiger partial charge in [-0.25, -0.2) is 4.39 Å². The summed E-state index contributed by atoms with van der Waals surface area (Å²) in [5.74, 6) is 1.32. The third-order valence-electron chi connectivity index (χ3n) is 9.73. The number of nitrogens with one attached hydrogen (secondary N) is 2. The SMILES string of the molecule is O=C(N1CCC(C2CNC2)CC1)C1(F)CC1.O=C1CCC(N2Cc3cc(OC4CCCCC4)ccc3C2=O)C(=O)N1. The van der Waals surface area contributed by atoms with Crippen molar-refractivity contribution in [3.05, 3.63) is 29.3 Å². The minimum atomic E-state index is -1.47. The van der Waals surface area contributed by atoms with Crippen LogP contribution in [0.1, 0.15) is 86.6 Å². The lowest BCUT2D eigenvalue weighted by molar-refractivity contribution is -0.140. The normalized spacial score (nSPS) is 26.5. The number of benzene rings is 1. The Hall–Kier alpha value is -3.01. The second-order valence-electron chi connectivity index (χ2n) is 12.6. The summed E-state index contributed by atoms with van der Waals surface area (Å²) >= 11 is 0. The van der Waals surface area contributed by atoms with Gasteiger partial charge in [0, 0.05) is 31.6 Å².